The molecule has 5 nitrogen and oxygen atoms in total. The molecule has 3 rings (SSSR count). The number of rotatable bonds is 4. The number of ketones is 1. The molecule has 0 aliphatic heterocycles. The first kappa shape index (κ1) is 17.7. The molecule has 1 aromatic heterocycles. The minimum atomic E-state index is -0.234. The zero-order chi connectivity index (χ0) is 18.1. The van der Waals surface area contributed by atoms with Crippen LogP contribution in [0.1, 0.15) is 32.3 Å². The Balaban J connectivity index is 1.93. The molecule has 1 aliphatic carbocycles. The molecular formula is C18H19N3O2S2. The second-order valence-electron chi connectivity index (χ2n) is 6.01. The van der Waals surface area contributed by atoms with Gasteiger partial charge in [-0.25, -0.2) is 0 Å². The number of nitrogens with zero attached hydrogens (tertiary/aromatic N) is 3. The van der Waals surface area contributed by atoms with Crippen molar-refractivity contribution < 1.29 is 9.90 Å². The highest BCUT2D eigenvalue weighted by molar-refractivity contribution is 7.73. The molecular weight excluding hydrogens is 354 g/mol. The van der Waals surface area contributed by atoms with E-state index in [4.69, 9.17) is 12.2 Å². The van der Waals surface area contributed by atoms with Gasteiger partial charge in [0.25, 0.3) is 0 Å². The molecule has 0 bridgehead atoms. The van der Waals surface area contributed by atoms with Gasteiger partial charge >= 0.3 is 0 Å². The van der Waals surface area contributed by atoms with Crippen LogP contribution in [0.4, 0.5) is 5.00 Å². The van der Waals surface area contributed by atoms with Gasteiger partial charge in [-0.1, -0.05) is 48.6 Å². The lowest BCUT2D eigenvalue weighted by atomic mass is 9.87. The molecule has 130 valence electrons. The van der Waals surface area contributed by atoms with Crippen LogP contribution >= 0.6 is 23.6 Å². The van der Waals surface area contributed by atoms with Crippen molar-refractivity contribution in [1.29, 1.82) is 0 Å². The molecule has 0 radical (unpaired) electrons. The third-order valence-corrected chi connectivity index (χ3v) is 5.96. The Bertz CT molecular complexity index is 926. The number of carbonyl (C=O) groups excluding carboxylic acids is 1. The molecule has 25 heavy (non-hydrogen) atoms. The van der Waals surface area contributed by atoms with Crippen LogP contribution in [-0.4, -0.2) is 15.5 Å². The quantitative estimate of drug-likeness (QED) is 0.579. The molecule has 2 atom stereocenters. The van der Waals surface area contributed by atoms with Gasteiger partial charge in [0, 0.05) is 6.54 Å². The highest BCUT2D eigenvalue weighted by Crippen LogP contribution is 2.42. The molecule has 1 aliphatic rings. The lowest BCUT2D eigenvalue weighted by molar-refractivity contribution is -0.116. The second kappa shape index (κ2) is 7.01. The van der Waals surface area contributed by atoms with Crippen molar-refractivity contribution in [3.63, 3.8) is 0 Å². The van der Waals surface area contributed by atoms with Crippen LogP contribution in [0.5, 0.6) is 5.88 Å². The van der Waals surface area contributed by atoms with E-state index in [1.165, 1.54) is 11.3 Å². The summed E-state index contributed by atoms with van der Waals surface area (Å²) in [5.74, 6) is -0.200. The van der Waals surface area contributed by atoms with Gasteiger partial charge in [-0.05, 0) is 43.1 Å². The standard InChI is InChI=1S/C18H19N3O2S2/c1-4-21-17(23)16(25-18(21)24)20-19-14-11(3)10(2)13(15(14)22)12-8-6-5-7-9-12/h5-10,13,23H,4H2,1-3H3. The highest BCUT2D eigenvalue weighted by Gasteiger charge is 2.38. The largest absolute Gasteiger partial charge is 0.492 e. The maximum atomic E-state index is 12.9. The maximum absolute atomic E-state index is 12.9. The molecule has 0 fully saturated rings. The number of Topliss-reactive ketones (excluding diaryl/α,β-unsaturated/α-hetero) is 1. The highest BCUT2D eigenvalue weighted by atomic mass is 32.1. The fourth-order valence-electron chi connectivity index (χ4n) is 3.09. The number of thiazole rings is 1. The average molecular weight is 374 g/mol. The van der Waals surface area contributed by atoms with Gasteiger partial charge in [-0.2, -0.15) is 0 Å². The third-order valence-electron chi connectivity index (χ3n) is 4.64. The number of benzene rings is 1. The van der Waals surface area contributed by atoms with Crippen LogP contribution in [0.15, 0.2) is 51.8 Å². The van der Waals surface area contributed by atoms with Gasteiger partial charge in [0.05, 0.1) is 5.92 Å². The Hall–Kier alpha value is -2.12. The lowest BCUT2D eigenvalue weighted by Crippen LogP contribution is -2.13. The molecule has 1 aromatic carbocycles. The van der Waals surface area contributed by atoms with Crippen molar-refractivity contribution in [2.75, 3.05) is 0 Å². The fourth-order valence-corrected chi connectivity index (χ4v) is 4.31. The minimum Gasteiger partial charge on any atom is -0.492 e. The summed E-state index contributed by atoms with van der Waals surface area (Å²) >= 11 is 6.38. The van der Waals surface area contributed by atoms with E-state index in [0.29, 0.717) is 21.2 Å². The zero-order valence-electron chi connectivity index (χ0n) is 14.3. The van der Waals surface area contributed by atoms with Crippen molar-refractivity contribution in [1.82, 2.24) is 4.57 Å². The summed E-state index contributed by atoms with van der Waals surface area (Å²) in [5.41, 5.74) is 2.28. The van der Waals surface area contributed by atoms with Crippen LogP contribution in [0.2, 0.25) is 0 Å². The predicted octanol–water partition coefficient (Wildman–Crippen LogP) is 5.36. The number of aromatic nitrogens is 1. The maximum Gasteiger partial charge on any atom is 0.232 e. The van der Waals surface area contributed by atoms with Crippen LogP contribution in [0, 0.1) is 9.87 Å². The summed E-state index contributed by atoms with van der Waals surface area (Å²) in [6.45, 7) is 6.40. The first-order chi connectivity index (χ1) is 12.0. The van der Waals surface area contributed by atoms with E-state index < -0.39 is 0 Å². The van der Waals surface area contributed by atoms with E-state index in [2.05, 4.69) is 10.2 Å². The molecule has 2 aromatic rings. The summed E-state index contributed by atoms with van der Waals surface area (Å²) in [4.78, 5) is 12.9. The SMILES string of the molecule is CCn1c(O)c(N=NC2=C(C)C(C)C(c3ccccc3)C2=O)sc1=S. The smallest absolute Gasteiger partial charge is 0.232 e. The Labute approximate surface area is 155 Å². The van der Waals surface area contributed by atoms with Crippen molar-refractivity contribution in [2.24, 2.45) is 16.1 Å². The molecule has 0 saturated heterocycles. The van der Waals surface area contributed by atoms with E-state index in [9.17, 15) is 9.90 Å². The molecule has 7 heteroatoms. The second-order valence-corrected chi connectivity index (χ2v) is 7.64. The number of aromatic hydroxyl groups is 1. The molecule has 0 saturated carbocycles. The minimum absolute atomic E-state index is 0.00222. The van der Waals surface area contributed by atoms with Crippen molar-refractivity contribution in [3.05, 3.63) is 51.1 Å². The summed E-state index contributed by atoms with van der Waals surface area (Å²) < 4.78 is 2.12. The zero-order valence-corrected chi connectivity index (χ0v) is 15.9. The number of hydrogen-bond donors (Lipinski definition) is 1. The Morgan fingerprint density at radius 1 is 1.28 bits per heavy atom. The third kappa shape index (κ3) is 3.09. The molecule has 1 N–H and O–H groups in total. The van der Waals surface area contributed by atoms with Crippen LogP contribution in [0.3, 0.4) is 0 Å². The van der Waals surface area contributed by atoms with Crippen LogP contribution < -0.4 is 0 Å². The van der Waals surface area contributed by atoms with Crippen LogP contribution in [0.25, 0.3) is 0 Å². The molecule has 0 spiro atoms. The van der Waals surface area contributed by atoms with E-state index in [0.717, 1.165) is 11.1 Å². The predicted molar refractivity (Wildman–Crippen MR) is 101 cm³/mol. The molecule has 2 unspecified atom stereocenters. The summed E-state index contributed by atoms with van der Waals surface area (Å²) in [5, 5.41) is 18.8. The summed E-state index contributed by atoms with van der Waals surface area (Å²) in [7, 11) is 0. The number of allylic oxidation sites excluding steroid dienone is 2. The van der Waals surface area contributed by atoms with E-state index in [-0.39, 0.29) is 23.5 Å². The number of azo groups is 1. The first-order valence-corrected chi connectivity index (χ1v) is 9.32. The van der Waals surface area contributed by atoms with Crippen molar-refractivity contribution in [2.45, 2.75) is 33.2 Å². The lowest BCUT2D eigenvalue weighted by Gasteiger charge is -2.15. The monoisotopic (exact) mass is 373 g/mol. The van der Waals surface area contributed by atoms with Crippen molar-refractivity contribution >= 4 is 34.3 Å². The number of hydrogen-bond acceptors (Lipinski definition) is 6. The summed E-state index contributed by atoms with van der Waals surface area (Å²) in [6, 6.07) is 9.73. The number of carbonyl (C=O) groups is 1. The Kier molecular flexibility index (Phi) is 4.96. The van der Waals surface area contributed by atoms with Gasteiger partial charge in [0.1, 0.15) is 5.70 Å². The molecule has 1 heterocycles. The van der Waals surface area contributed by atoms with Crippen LogP contribution in [-0.2, 0) is 11.3 Å². The molecule has 0 amide bonds. The Morgan fingerprint density at radius 3 is 2.56 bits per heavy atom. The van der Waals surface area contributed by atoms with E-state index in [1.54, 1.807) is 4.57 Å². The van der Waals surface area contributed by atoms with Gasteiger partial charge < -0.3 is 5.11 Å². The summed E-state index contributed by atoms with van der Waals surface area (Å²) in [6.07, 6.45) is 0. The average Bonchev–Trinajstić information content (AvgIpc) is 3.00. The van der Waals surface area contributed by atoms with E-state index >= 15 is 0 Å². The van der Waals surface area contributed by atoms with Gasteiger partial charge in [-0.3, -0.25) is 9.36 Å². The van der Waals surface area contributed by atoms with Crippen molar-refractivity contribution in [3.8, 4) is 5.88 Å². The fraction of sp³-hybridized carbons (Fsp3) is 0.333. The Morgan fingerprint density at radius 2 is 1.96 bits per heavy atom. The van der Waals surface area contributed by atoms with Gasteiger partial charge in [0.2, 0.25) is 10.9 Å². The normalized spacial score (nSPS) is 20.8. The topological polar surface area (TPSA) is 66.9 Å². The van der Waals surface area contributed by atoms with Gasteiger partial charge in [-0.15, -0.1) is 10.2 Å². The van der Waals surface area contributed by atoms with E-state index in [1.807, 2.05) is 51.1 Å². The first-order valence-electron chi connectivity index (χ1n) is 8.10. The van der Waals surface area contributed by atoms with Gasteiger partial charge in [0.15, 0.2) is 9.74 Å².